The molecular formula is C11H19N7O2. The smallest absolute Gasteiger partial charge is 0.349 e. The van der Waals surface area contributed by atoms with Gasteiger partial charge in [-0.15, -0.1) is 0 Å². The van der Waals surface area contributed by atoms with Gasteiger partial charge < -0.3 is 15.2 Å². The normalized spacial score (nSPS) is 19.2. The molecule has 2 rings (SSSR count). The Morgan fingerprint density at radius 1 is 1.55 bits per heavy atom. The van der Waals surface area contributed by atoms with Gasteiger partial charge in [0.25, 0.3) is 0 Å². The zero-order chi connectivity index (χ0) is 14.7. The van der Waals surface area contributed by atoms with E-state index in [2.05, 4.69) is 20.3 Å². The molecule has 1 aliphatic rings. The molecule has 9 nitrogen and oxygen atoms in total. The van der Waals surface area contributed by atoms with Crippen molar-refractivity contribution >= 4 is 17.3 Å². The largest absolute Gasteiger partial charge is 0.354 e. The summed E-state index contributed by atoms with van der Waals surface area (Å²) in [6.07, 6.45) is 3.33. The quantitative estimate of drug-likeness (QED) is 0.457. The topological polar surface area (TPSA) is 113 Å². The molecule has 0 radical (unpaired) electrons. The van der Waals surface area contributed by atoms with Crippen LogP contribution in [0, 0.1) is 10.1 Å². The van der Waals surface area contributed by atoms with Gasteiger partial charge in [-0.1, -0.05) is 0 Å². The van der Waals surface area contributed by atoms with Crippen LogP contribution in [-0.4, -0.2) is 53.0 Å². The molecule has 1 aromatic rings. The lowest BCUT2D eigenvalue weighted by molar-refractivity contribution is -0.383. The van der Waals surface area contributed by atoms with Gasteiger partial charge in [0.05, 0.1) is 4.92 Å². The highest BCUT2D eigenvalue weighted by Gasteiger charge is 2.30. The zero-order valence-corrected chi connectivity index (χ0v) is 11.6. The first-order chi connectivity index (χ1) is 9.54. The molecular weight excluding hydrogens is 262 g/mol. The Morgan fingerprint density at radius 2 is 2.30 bits per heavy atom. The Hall–Kier alpha value is -2.00. The number of nitro groups is 1. The second-order valence-corrected chi connectivity index (χ2v) is 5.00. The maximum Gasteiger partial charge on any atom is 0.354 e. The minimum atomic E-state index is -0.496. The molecule has 0 aliphatic carbocycles. The Morgan fingerprint density at radius 3 is 2.90 bits per heavy atom. The Bertz CT molecular complexity index is 494. The van der Waals surface area contributed by atoms with E-state index in [-0.39, 0.29) is 11.5 Å². The average Bonchev–Trinajstić information content (AvgIpc) is 2.46. The van der Waals surface area contributed by atoms with E-state index in [1.54, 1.807) is 0 Å². The van der Waals surface area contributed by atoms with Gasteiger partial charge in [0, 0.05) is 19.1 Å². The van der Waals surface area contributed by atoms with E-state index >= 15 is 0 Å². The first-order valence-electron chi connectivity index (χ1n) is 6.42. The summed E-state index contributed by atoms with van der Waals surface area (Å²) >= 11 is 0. The van der Waals surface area contributed by atoms with E-state index < -0.39 is 4.92 Å². The molecule has 0 spiro atoms. The van der Waals surface area contributed by atoms with E-state index in [9.17, 15) is 10.1 Å². The van der Waals surface area contributed by atoms with Crippen LogP contribution in [0.15, 0.2) is 6.33 Å². The maximum atomic E-state index is 11.3. The lowest BCUT2D eigenvalue weighted by Gasteiger charge is -2.36. The van der Waals surface area contributed by atoms with Gasteiger partial charge in [-0.3, -0.25) is 10.1 Å². The number of hydrazine groups is 1. The molecule has 20 heavy (non-hydrogen) atoms. The summed E-state index contributed by atoms with van der Waals surface area (Å²) in [6.45, 7) is 1.45. The van der Waals surface area contributed by atoms with Crippen molar-refractivity contribution in [1.82, 2.24) is 14.9 Å². The number of anilines is 2. The van der Waals surface area contributed by atoms with Crippen molar-refractivity contribution in [3.05, 3.63) is 16.4 Å². The van der Waals surface area contributed by atoms with Crippen LogP contribution in [-0.2, 0) is 0 Å². The third-order valence-electron chi connectivity index (χ3n) is 3.55. The van der Waals surface area contributed by atoms with E-state index in [0.29, 0.717) is 18.4 Å². The molecule has 1 aromatic heterocycles. The predicted molar refractivity (Wildman–Crippen MR) is 75.4 cm³/mol. The first-order valence-corrected chi connectivity index (χ1v) is 6.42. The van der Waals surface area contributed by atoms with Crippen LogP contribution in [0.3, 0.4) is 0 Å². The fourth-order valence-corrected chi connectivity index (χ4v) is 2.44. The van der Waals surface area contributed by atoms with Gasteiger partial charge >= 0.3 is 5.69 Å². The van der Waals surface area contributed by atoms with Crippen molar-refractivity contribution in [3.8, 4) is 0 Å². The molecule has 0 amide bonds. The number of hydrogen-bond acceptors (Lipinski definition) is 8. The van der Waals surface area contributed by atoms with E-state index in [1.807, 2.05) is 19.0 Å². The molecule has 9 heteroatoms. The summed E-state index contributed by atoms with van der Waals surface area (Å²) in [5.74, 6) is 5.65. The van der Waals surface area contributed by atoms with Gasteiger partial charge in [-0.2, -0.15) is 0 Å². The summed E-state index contributed by atoms with van der Waals surface area (Å²) in [6, 6.07) is 0.354. The summed E-state index contributed by atoms with van der Waals surface area (Å²) in [7, 11) is 4.02. The molecule has 1 aliphatic heterocycles. The fourth-order valence-electron chi connectivity index (χ4n) is 2.44. The van der Waals surface area contributed by atoms with Crippen LogP contribution in [0.4, 0.5) is 17.3 Å². The molecule has 0 bridgehead atoms. The number of nitrogens with two attached hydrogens (primary N) is 1. The Balaban J connectivity index is 2.34. The third-order valence-corrected chi connectivity index (χ3v) is 3.55. The summed E-state index contributed by atoms with van der Waals surface area (Å²) in [5, 5.41) is 11.3. The highest BCUT2D eigenvalue weighted by atomic mass is 16.6. The van der Waals surface area contributed by atoms with Crippen LogP contribution in [0.2, 0.25) is 0 Å². The summed E-state index contributed by atoms with van der Waals surface area (Å²) < 4.78 is 0. The van der Waals surface area contributed by atoms with E-state index in [0.717, 1.165) is 19.4 Å². The number of likely N-dealkylation sites (N-methyl/N-ethyl adjacent to an activating group) is 1. The van der Waals surface area contributed by atoms with Crippen molar-refractivity contribution < 1.29 is 4.92 Å². The van der Waals surface area contributed by atoms with Gasteiger partial charge in [0.1, 0.15) is 6.33 Å². The molecule has 0 aromatic carbocycles. The lowest BCUT2D eigenvalue weighted by Crippen LogP contribution is -2.45. The second-order valence-electron chi connectivity index (χ2n) is 5.00. The fraction of sp³-hybridized carbons (Fsp3) is 0.636. The maximum absolute atomic E-state index is 11.3. The molecule has 1 unspecified atom stereocenters. The minimum Gasteiger partial charge on any atom is -0.349 e. The Labute approximate surface area is 116 Å². The van der Waals surface area contributed by atoms with Crippen LogP contribution in [0.25, 0.3) is 0 Å². The van der Waals surface area contributed by atoms with Crippen molar-refractivity contribution in [3.63, 3.8) is 0 Å². The Kier molecular flexibility index (Phi) is 4.30. The van der Waals surface area contributed by atoms with E-state index in [1.165, 1.54) is 6.33 Å². The van der Waals surface area contributed by atoms with E-state index in [4.69, 9.17) is 5.84 Å². The highest BCUT2D eigenvalue weighted by Crippen LogP contribution is 2.32. The first kappa shape index (κ1) is 14.4. The molecule has 1 atom stereocenters. The number of aromatic nitrogens is 2. The van der Waals surface area contributed by atoms with Gasteiger partial charge in [0.15, 0.2) is 0 Å². The number of nitrogens with one attached hydrogen (secondary N) is 1. The van der Waals surface area contributed by atoms with Crippen LogP contribution < -0.4 is 16.2 Å². The van der Waals surface area contributed by atoms with Crippen molar-refractivity contribution in [2.45, 2.75) is 18.9 Å². The van der Waals surface area contributed by atoms with Gasteiger partial charge in [0.2, 0.25) is 11.6 Å². The predicted octanol–water partition coefficient (Wildman–Crippen LogP) is 0.201. The number of rotatable bonds is 4. The number of nitrogens with zero attached hydrogens (tertiary/aromatic N) is 5. The van der Waals surface area contributed by atoms with Crippen molar-refractivity contribution in [2.75, 3.05) is 37.5 Å². The summed E-state index contributed by atoms with van der Waals surface area (Å²) in [4.78, 5) is 22.7. The van der Waals surface area contributed by atoms with Gasteiger partial charge in [-0.25, -0.2) is 15.8 Å². The van der Waals surface area contributed by atoms with Crippen LogP contribution in [0.1, 0.15) is 12.8 Å². The number of hydrogen-bond donors (Lipinski definition) is 2. The summed E-state index contributed by atoms with van der Waals surface area (Å²) in [5.41, 5.74) is 2.09. The second kappa shape index (κ2) is 5.97. The molecule has 1 saturated heterocycles. The minimum absolute atomic E-state index is 0.0342. The van der Waals surface area contributed by atoms with Crippen LogP contribution in [0.5, 0.6) is 0 Å². The molecule has 0 saturated carbocycles. The van der Waals surface area contributed by atoms with Crippen molar-refractivity contribution in [2.24, 2.45) is 5.84 Å². The number of nitrogen functional groups attached to an aromatic ring is 1. The average molecular weight is 281 g/mol. The molecule has 2 heterocycles. The van der Waals surface area contributed by atoms with Gasteiger partial charge in [-0.05, 0) is 26.9 Å². The van der Waals surface area contributed by atoms with Crippen molar-refractivity contribution in [1.29, 1.82) is 0 Å². The highest BCUT2D eigenvalue weighted by molar-refractivity contribution is 5.70. The lowest BCUT2D eigenvalue weighted by atomic mass is 10.0. The molecule has 1 fully saturated rings. The monoisotopic (exact) mass is 281 g/mol. The standard InChI is InChI=1S/C11H19N7O2/c1-16(2)8-4-3-5-17(6-8)11-9(18(19)20)10(15-12)13-7-14-11/h7-8H,3-6,12H2,1-2H3,(H,13,14,15). The molecule has 110 valence electrons. The zero-order valence-electron chi connectivity index (χ0n) is 11.6. The number of piperidine rings is 1. The molecule has 3 N–H and O–H groups in total. The third kappa shape index (κ3) is 2.78. The van der Waals surface area contributed by atoms with Crippen LogP contribution >= 0.6 is 0 Å². The SMILES string of the molecule is CN(C)C1CCCN(c2ncnc(NN)c2[N+](=O)[O-])C1.